The van der Waals surface area contributed by atoms with Gasteiger partial charge in [0.25, 0.3) is 0 Å². The molecule has 0 radical (unpaired) electrons. The third-order valence-electron chi connectivity index (χ3n) is 5.40. The largest absolute Gasteiger partial charge is 0.377 e. The second kappa shape index (κ2) is 10.7. The van der Waals surface area contributed by atoms with Crippen LogP contribution in [0, 0.1) is 11.3 Å². The van der Waals surface area contributed by atoms with Crippen molar-refractivity contribution in [3.05, 3.63) is 59.7 Å². The van der Waals surface area contributed by atoms with E-state index in [1.165, 1.54) is 0 Å². The first-order valence-electron chi connectivity index (χ1n) is 11.3. The average molecular weight is 438 g/mol. The highest BCUT2D eigenvalue weighted by molar-refractivity contribution is 5.91. The summed E-state index contributed by atoms with van der Waals surface area (Å²) in [7, 11) is 3.98. The number of amides is 2. The van der Waals surface area contributed by atoms with Crippen molar-refractivity contribution < 1.29 is 9.59 Å². The van der Waals surface area contributed by atoms with Gasteiger partial charge in [0.05, 0.1) is 6.04 Å². The molecule has 5 heteroatoms. The van der Waals surface area contributed by atoms with E-state index in [2.05, 4.69) is 24.4 Å². The molecule has 1 N–H and O–H groups in total. The summed E-state index contributed by atoms with van der Waals surface area (Å²) < 4.78 is 0. The lowest BCUT2D eigenvalue weighted by molar-refractivity contribution is -0.137. The number of carbonyl (C=O) groups is 2. The van der Waals surface area contributed by atoms with Crippen LogP contribution in [-0.2, 0) is 16.1 Å². The van der Waals surface area contributed by atoms with E-state index in [-0.39, 0.29) is 29.2 Å². The smallest absolute Gasteiger partial charge is 0.225 e. The van der Waals surface area contributed by atoms with Crippen molar-refractivity contribution in [2.75, 3.05) is 24.3 Å². The number of benzene rings is 2. The number of hydrogen-bond acceptors (Lipinski definition) is 3. The third-order valence-corrected chi connectivity index (χ3v) is 5.40. The standard InChI is InChI=1S/C27H39N3O2/c1-19(2)26(32)30(20(3)21-12-10-9-11-13-21)18-22-16-23(14-15-24(22)29(7)8)28-25(31)17-27(4,5)6/h9-16,19-20H,17-18H2,1-8H3,(H,28,31)/t20-/m1/s1. The topological polar surface area (TPSA) is 52.7 Å². The Kier molecular flexibility index (Phi) is 8.48. The predicted molar refractivity (Wildman–Crippen MR) is 134 cm³/mol. The molecule has 0 fully saturated rings. The molecule has 0 aromatic heterocycles. The van der Waals surface area contributed by atoms with E-state index < -0.39 is 0 Å². The normalized spacial score (nSPS) is 12.4. The lowest BCUT2D eigenvalue weighted by atomic mass is 9.92. The van der Waals surface area contributed by atoms with E-state index in [1.54, 1.807) is 0 Å². The second-order valence-electron chi connectivity index (χ2n) is 10.2. The molecule has 2 aromatic rings. The van der Waals surface area contributed by atoms with E-state index in [1.807, 2.05) is 94.9 Å². The first-order valence-corrected chi connectivity index (χ1v) is 11.3. The summed E-state index contributed by atoms with van der Waals surface area (Å²) >= 11 is 0. The highest BCUT2D eigenvalue weighted by Crippen LogP contribution is 2.30. The van der Waals surface area contributed by atoms with E-state index in [4.69, 9.17) is 0 Å². The molecule has 0 saturated carbocycles. The van der Waals surface area contributed by atoms with Crippen molar-refractivity contribution in [3.63, 3.8) is 0 Å². The number of nitrogens with zero attached hydrogens (tertiary/aromatic N) is 2. The van der Waals surface area contributed by atoms with Crippen LogP contribution in [0.2, 0.25) is 0 Å². The van der Waals surface area contributed by atoms with Gasteiger partial charge in [-0.1, -0.05) is 65.0 Å². The van der Waals surface area contributed by atoms with Gasteiger partial charge in [0.15, 0.2) is 0 Å². The van der Waals surface area contributed by atoms with Crippen LogP contribution >= 0.6 is 0 Å². The van der Waals surface area contributed by atoms with Crippen molar-refractivity contribution in [1.29, 1.82) is 0 Å². The summed E-state index contributed by atoms with van der Waals surface area (Å²) in [5.41, 5.74) is 3.80. The maximum atomic E-state index is 13.2. The Balaban J connectivity index is 2.39. The molecule has 5 nitrogen and oxygen atoms in total. The predicted octanol–water partition coefficient (Wildman–Crippen LogP) is 5.87. The summed E-state index contributed by atoms with van der Waals surface area (Å²) in [4.78, 5) is 29.7. The van der Waals surface area contributed by atoms with E-state index in [0.717, 1.165) is 22.5 Å². The van der Waals surface area contributed by atoms with Crippen LogP contribution in [0.15, 0.2) is 48.5 Å². The summed E-state index contributed by atoms with van der Waals surface area (Å²) in [6.45, 7) is 12.5. The zero-order valence-electron chi connectivity index (χ0n) is 20.9. The van der Waals surface area contributed by atoms with E-state index in [0.29, 0.717) is 13.0 Å². The van der Waals surface area contributed by atoms with Crippen molar-refractivity contribution in [3.8, 4) is 0 Å². The zero-order chi connectivity index (χ0) is 24.1. The molecule has 2 aromatic carbocycles. The molecule has 0 unspecified atom stereocenters. The molecule has 0 aliphatic carbocycles. The monoisotopic (exact) mass is 437 g/mol. The van der Waals surface area contributed by atoms with Crippen molar-refractivity contribution in [2.24, 2.45) is 11.3 Å². The summed E-state index contributed by atoms with van der Waals surface area (Å²) in [5.74, 6) is -0.0133. The first kappa shape index (κ1) is 25.4. The fourth-order valence-corrected chi connectivity index (χ4v) is 3.75. The number of anilines is 2. The van der Waals surface area contributed by atoms with Crippen molar-refractivity contribution in [2.45, 2.75) is 60.5 Å². The maximum absolute atomic E-state index is 13.2. The quantitative estimate of drug-likeness (QED) is 0.562. The summed E-state index contributed by atoms with van der Waals surface area (Å²) in [6.07, 6.45) is 0.445. The Hall–Kier alpha value is -2.82. The summed E-state index contributed by atoms with van der Waals surface area (Å²) in [5, 5.41) is 3.03. The molecule has 1 atom stereocenters. The molecule has 2 amide bonds. The van der Waals surface area contributed by atoms with Crippen LogP contribution in [0.4, 0.5) is 11.4 Å². The van der Waals surface area contributed by atoms with Gasteiger partial charge in [-0.15, -0.1) is 0 Å². The van der Waals surface area contributed by atoms with Gasteiger partial charge in [-0.25, -0.2) is 0 Å². The molecule has 0 heterocycles. The highest BCUT2D eigenvalue weighted by Gasteiger charge is 2.25. The Morgan fingerprint density at radius 3 is 2.12 bits per heavy atom. The Morgan fingerprint density at radius 1 is 0.969 bits per heavy atom. The fraction of sp³-hybridized carbons (Fsp3) is 0.481. The summed E-state index contributed by atoms with van der Waals surface area (Å²) in [6, 6.07) is 16.0. The number of rotatable bonds is 8. The van der Waals surface area contributed by atoms with Crippen LogP contribution in [0.5, 0.6) is 0 Å². The minimum Gasteiger partial charge on any atom is -0.377 e. The van der Waals surface area contributed by atoms with E-state index >= 15 is 0 Å². The maximum Gasteiger partial charge on any atom is 0.225 e. The number of carbonyl (C=O) groups excluding carboxylic acids is 2. The SMILES string of the molecule is CC(C)C(=O)N(Cc1cc(NC(=O)CC(C)(C)C)ccc1N(C)C)[C@H](C)c1ccccc1. The van der Waals surface area contributed by atoms with Crippen LogP contribution < -0.4 is 10.2 Å². The molecule has 174 valence electrons. The second-order valence-corrected chi connectivity index (χ2v) is 10.2. The van der Waals surface area contributed by atoms with Crippen molar-refractivity contribution in [1.82, 2.24) is 4.90 Å². The van der Waals surface area contributed by atoms with Crippen molar-refractivity contribution >= 4 is 23.2 Å². The van der Waals surface area contributed by atoms with Gasteiger partial charge in [-0.3, -0.25) is 9.59 Å². The van der Waals surface area contributed by atoms with Crippen LogP contribution in [0.25, 0.3) is 0 Å². The Morgan fingerprint density at radius 2 is 1.59 bits per heavy atom. The lowest BCUT2D eigenvalue weighted by Gasteiger charge is -2.33. The molecule has 0 bridgehead atoms. The lowest BCUT2D eigenvalue weighted by Crippen LogP contribution is -2.36. The molecular formula is C27H39N3O2. The minimum absolute atomic E-state index is 0.00572. The van der Waals surface area contributed by atoms with Gasteiger partial charge in [0.1, 0.15) is 0 Å². The Bertz CT molecular complexity index is 914. The van der Waals surface area contributed by atoms with Gasteiger partial charge < -0.3 is 15.1 Å². The number of hydrogen-bond donors (Lipinski definition) is 1. The molecule has 32 heavy (non-hydrogen) atoms. The Labute approximate surface area is 193 Å². The van der Waals surface area contributed by atoms with Gasteiger partial charge in [0, 0.05) is 44.4 Å². The average Bonchev–Trinajstić information content (AvgIpc) is 2.70. The number of nitrogens with one attached hydrogen (secondary N) is 1. The van der Waals surface area contributed by atoms with Gasteiger partial charge in [-0.05, 0) is 41.7 Å². The minimum atomic E-state index is -0.112. The fourth-order valence-electron chi connectivity index (χ4n) is 3.75. The molecule has 0 spiro atoms. The van der Waals surface area contributed by atoms with Gasteiger partial charge in [-0.2, -0.15) is 0 Å². The van der Waals surface area contributed by atoms with Gasteiger partial charge >= 0.3 is 0 Å². The van der Waals surface area contributed by atoms with E-state index in [9.17, 15) is 9.59 Å². The molecule has 0 saturated heterocycles. The van der Waals surface area contributed by atoms with Crippen LogP contribution in [0.1, 0.15) is 65.1 Å². The highest BCUT2D eigenvalue weighted by atomic mass is 16.2. The first-order chi connectivity index (χ1) is 14.9. The molecule has 2 rings (SSSR count). The van der Waals surface area contributed by atoms with Gasteiger partial charge in [0.2, 0.25) is 11.8 Å². The van der Waals surface area contributed by atoms with Crippen LogP contribution in [0.3, 0.4) is 0 Å². The third kappa shape index (κ3) is 7.11. The van der Waals surface area contributed by atoms with Crippen LogP contribution in [-0.4, -0.2) is 30.8 Å². The molecule has 0 aliphatic rings. The molecular weight excluding hydrogens is 398 g/mol. The zero-order valence-corrected chi connectivity index (χ0v) is 20.9. The molecule has 0 aliphatic heterocycles.